The molecule has 0 amide bonds. The van der Waals surface area contributed by atoms with Crippen molar-refractivity contribution >= 4 is 5.78 Å². The number of hydrogen-bond donors (Lipinski definition) is 0. The Morgan fingerprint density at radius 3 is 2.39 bits per heavy atom. The second kappa shape index (κ2) is 4.77. The van der Waals surface area contributed by atoms with Crippen molar-refractivity contribution in [2.75, 3.05) is 0 Å². The highest BCUT2D eigenvalue weighted by molar-refractivity contribution is 5.93. The van der Waals surface area contributed by atoms with Crippen molar-refractivity contribution in [2.45, 2.75) is 27.2 Å². The standard InChI is InChI=1S/C15H15FO2/c1-9-11(3)18-15(10(2)17)14(9)8-12-4-6-13(16)7-5-12/h4-7H,8H2,1-3H3. The van der Waals surface area contributed by atoms with Crippen LogP contribution in [0.4, 0.5) is 4.39 Å². The van der Waals surface area contributed by atoms with E-state index in [1.165, 1.54) is 19.1 Å². The summed E-state index contributed by atoms with van der Waals surface area (Å²) in [4.78, 5) is 11.5. The van der Waals surface area contributed by atoms with Crippen LogP contribution >= 0.6 is 0 Å². The molecule has 0 bridgehead atoms. The summed E-state index contributed by atoms with van der Waals surface area (Å²) in [6, 6.07) is 6.29. The van der Waals surface area contributed by atoms with Crippen molar-refractivity contribution in [3.8, 4) is 0 Å². The van der Waals surface area contributed by atoms with Crippen molar-refractivity contribution in [1.82, 2.24) is 0 Å². The smallest absolute Gasteiger partial charge is 0.195 e. The maximum Gasteiger partial charge on any atom is 0.195 e. The first kappa shape index (κ1) is 12.6. The van der Waals surface area contributed by atoms with Gasteiger partial charge in [0.15, 0.2) is 11.5 Å². The summed E-state index contributed by atoms with van der Waals surface area (Å²) in [6.07, 6.45) is 0.582. The van der Waals surface area contributed by atoms with Gasteiger partial charge in [-0.1, -0.05) is 12.1 Å². The van der Waals surface area contributed by atoms with E-state index in [9.17, 15) is 9.18 Å². The number of rotatable bonds is 3. The fourth-order valence-corrected chi connectivity index (χ4v) is 1.98. The Bertz CT molecular complexity index is 579. The Kier molecular flexibility index (Phi) is 3.32. The number of carbonyl (C=O) groups is 1. The Morgan fingerprint density at radius 1 is 1.22 bits per heavy atom. The molecule has 0 atom stereocenters. The Morgan fingerprint density at radius 2 is 1.83 bits per heavy atom. The van der Waals surface area contributed by atoms with Gasteiger partial charge >= 0.3 is 0 Å². The van der Waals surface area contributed by atoms with E-state index in [1.54, 1.807) is 12.1 Å². The lowest BCUT2D eigenvalue weighted by Gasteiger charge is -2.02. The second-order valence-corrected chi connectivity index (χ2v) is 4.45. The average molecular weight is 246 g/mol. The second-order valence-electron chi connectivity index (χ2n) is 4.45. The molecule has 0 saturated heterocycles. The predicted octanol–water partition coefficient (Wildman–Crippen LogP) is 3.83. The molecule has 0 aliphatic carbocycles. The molecule has 2 nitrogen and oxygen atoms in total. The highest BCUT2D eigenvalue weighted by Crippen LogP contribution is 2.24. The van der Waals surface area contributed by atoms with Crippen LogP contribution in [0.1, 0.15) is 39.9 Å². The van der Waals surface area contributed by atoms with Gasteiger partial charge in [0.25, 0.3) is 0 Å². The van der Waals surface area contributed by atoms with Gasteiger partial charge in [-0.2, -0.15) is 0 Å². The molecule has 0 N–H and O–H groups in total. The largest absolute Gasteiger partial charge is 0.458 e. The minimum atomic E-state index is -0.259. The van der Waals surface area contributed by atoms with E-state index < -0.39 is 0 Å². The molecular weight excluding hydrogens is 231 g/mol. The first-order valence-electron chi connectivity index (χ1n) is 5.83. The van der Waals surface area contributed by atoms with Gasteiger partial charge in [-0.25, -0.2) is 4.39 Å². The van der Waals surface area contributed by atoms with Gasteiger partial charge in [-0.05, 0) is 37.1 Å². The summed E-state index contributed by atoms with van der Waals surface area (Å²) in [5, 5.41) is 0. The van der Waals surface area contributed by atoms with Crippen LogP contribution in [0.2, 0.25) is 0 Å². The van der Waals surface area contributed by atoms with Gasteiger partial charge in [0.05, 0.1) is 0 Å². The van der Waals surface area contributed by atoms with Crippen LogP contribution in [0.15, 0.2) is 28.7 Å². The zero-order valence-corrected chi connectivity index (χ0v) is 10.7. The maximum atomic E-state index is 12.8. The number of Topliss-reactive ketones (excluding diaryl/α,β-unsaturated/α-hetero) is 1. The number of ketones is 1. The molecule has 18 heavy (non-hydrogen) atoms. The first-order chi connectivity index (χ1) is 8.49. The molecule has 0 radical (unpaired) electrons. The van der Waals surface area contributed by atoms with Crippen LogP contribution in [0, 0.1) is 19.7 Å². The lowest BCUT2D eigenvalue weighted by atomic mass is 10.00. The molecule has 1 aromatic carbocycles. The minimum Gasteiger partial charge on any atom is -0.458 e. The van der Waals surface area contributed by atoms with E-state index in [1.807, 2.05) is 13.8 Å². The molecule has 3 heteroatoms. The summed E-state index contributed by atoms with van der Waals surface area (Å²) in [7, 11) is 0. The normalized spacial score (nSPS) is 10.7. The highest BCUT2D eigenvalue weighted by atomic mass is 19.1. The molecule has 0 unspecified atom stereocenters. The Hall–Kier alpha value is -1.90. The zero-order valence-electron chi connectivity index (χ0n) is 10.7. The monoisotopic (exact) mass is 246 g/mol. The van der Waals surface area contributed by atoms with E-state index in [4.69, 9.17) is 4.42 Å². The molecule has 2 rings (SSSR count). The Balaban J connectivity index is 2.39. The van der Waals surface area contributed by atoms with Crippen LogP contribution in [0.3, 0.4) is 0 Å². The van der Waals surface area contributed by atoms with E-state index in [-0.39, 0.29) is 11.6 Å². The number of carbonyl (C=O) groups excluding carboxylic acids is 1. The summed E-state index contributed by atoms with van der Waals surface area (Å²) in [5.41, 5.74) is 2.85. The molecule has 0 spiro atoms. The molecule has 0 aliphatic heterocycles. The van der Waals surface area contributed by atoms with Crippen LogP contribution in [0.25, 0.3) is 0 Å². The van der Waals surface area contributed by atoms with E-state index in [0.29, 0.717) is 12.2 Å². The van der Waals surface area contributed by atoms with Crippen LogP contribution in [-0.4, -0.2) is 5.78 Å². The minimum absolute atomic E-state index is 0.0803. The Labute approximate surface area is 105 Å². The number of halogens is 1. The first-order valence-corrected chi connectivity index (χ1v) is 5.83. The maximum absolute atomic E-state index is 12.8. The molecule has 1 heterocycles. The molecule has 2 aromatic rings. The fraction of sp³-hybridized carbons (Fsp3) is 0.267. The van der Waals surface area contributed by atoms with E-state index in [0.717, 1.165) is 22.5 Å². The number of aryl methyl sites for hydroxylation is 1. The van der Waals surface area contributed by atoms with Gasteiger partial charge in [0, 0.05) is 18.9 Å². The van der Waals surface area contributed by atoms with Crippen molar-refractivity contribution in [3.63, 3.8) is 0 Å². The quantitative estimate of drug-likeness (QED) is 0.770. The molecule has 1 aromatic heterocycles. The van der Waals surface area contributed by atoms with Gasteiger partial charge in [-0.15, -0.1) is 0 Å². The summed E-state index contributed by atoms with van der Waals surface area (Å²) in [5.74, 6) is 0.834. The highest BCUT2D eigenvalue weighted by Gasteiger charge is 2.18. The van der Waals surface area contributed by atoms with Gasteiger partial charge in [-0.3, -0.25) is 4.79 Å². The fourth-order valence-electron chi connectivity index (χ4n) is 1.98. The lowest BCUT2D eigenvalue weighted by molar-refractivity contribution is 0.0985. The van der Waals surface area contributed by atoms with Gasteiger partial charge in [0.1, 0.15) is 11.6 Å². The molecule has 0 aliphatic rings. The van der Waals surface area contributed by atoms with Crippen molar-refractivity contribution in [2.24, 2.45) is 0 Å². The van der Waals surface area contributed by atoms with Gasteiger partial charge < -0.3 is 4.42 Å². The third-order valence-electron chi connectivity index (χ3n) is 3.12. The molecule has 0 saturated carbocycles. The van der Waals surface area contributed by atoms with Crippen LogP contribution in [-0.2, 0) is 6.42 Å². The average Bonchev–Trinajstić information content (AvgIpc) is 2.60. The topological polar surface area (TPSA) is 30.2 Å². The summed E-state index contributed by atoms with van der Waals surface area (Å²) in [6.45, 7) is 5.27. The SMILES string of the molecule is CC(=O)c1oc(C)c(C)c1Cc1ccc(F)cc1. The van der Waals surface area contributed by atoms with Crippen LogP contribution < -0.4 is 0 Å². The van der Waals surface area contributed by atoms with Crippen molar-refractivity contribution < 1.29 is 13.6 Å². The van der Waals surface area contributed by atoms with Crippen molar-refractivity contribution in [3.05, 3.63) is 58.3 Å². The summed E-state index contributed by atoms with van der Waals surface area (Å²) >= 11 is 0. The third kappa shape index (κ3) is 2.35. The molecular formula is C15H15FO2. The van der Waals surface area contributed by atoms with Gasteiger partial charge in [0.2, 0.25) is 0 Å². The molecule has 94 valence electrons. The number of furan rings is 1. The number of hydrogen-bond acceptors (Lipinski definition) is 2. The predicted molar refractivity (Wildman–Crippen MR) is 67.4 cm³/mol. The van der Waals surface area contributed by atoms with Crippen LogP contribution in [0.5, 0.6) is 0 Å². The summed E-state index contributed by atoms with van der Waals surface area (Å²) < 4.78 is 18.3. The zero-order chi connectivity index (χ0) is 13.3. The lowest BCUT2D eigenvalue weighted by Crippen LogP contribution is -1.98. The third-order valence-corrected chi connectivity index (χ3v) is 3.12. The number of benzene rings is 1. The molecule has 0 fully saturated rings. The van der Waals surface area contributed by atoms with E-state index >= 15 is 0 Å². The van der Waals surface area contributed by atoms with E-state index in [2.05, 4.69) is 0 Å². The van der Waals surface area contributed by atoms with Crippen molar-refractivity contribution in [1.29, 1.82) is 0 Å².